The predicted octanol–water partition coefficient (Wildman–Crippen LogP) is 0.865. The summed E-state index contributed by atoms with van der Waals surface area (Å²) in [4.78, 5) is 23.3. The van der Waals surface area contributed by atoms with Gasteiger partial charge in [-0.3, -0.25) is 4.79 Å². The van der Waals surface area contributed by atoms with E-state index >= 15 is 0 Å². The molecule has 0 fully saturated rings. The Hall–Kier alpha value is -2.10. The van der Waals surface area contributed by atoms with Crippen molar-refractivity contribution >= 4 is 24.0 Å². The Bertz CT molecular complexity index is 445. The highest BCUT2D eigenvalue weighted by atomic mass is 16.4. The van der Waals surface area contributed by atoms with Crippen molar-refractivity contribution in [2.24, 2.45) is 0 Å². The van der Waals surface area contributed by atoms with E-state index in [1.54, 1.807) is 12.1 Å². The fourth-order valence-corrected chi connectivity index (χ4v) is 1.69. The van der Waals surface area contributed by atoms with E-state index in [1.165, 1.54) is 6.08 Å². The molecule has 1 aromatic rings. The van der Waals surface area contributed by atoms with Crippen LogP contribution >= 0.6 is 0 Å². The van der Waals surface area contributed by atoms with E-state index in [0.717, 1.165) is 18.8 Å². The van der Waals surface area contributed by atoms with Crippen LogP contribution in [0.3, 0.4) is 0 Å². The van der Waals surface area contributed by atoms with Gasteiger partial charge in [-0.25, -0.2) is 0 Å². The second kappa shape index (κ2) is 6.59. The van der Waals surface area contributed by atoms with Crippen molar-refractivity contribution in [3.63, 3.8) is 0 Å². The lowest BCUT2D eigenvalue weighted by molar-refractivity contribution is -0.298. The number of benzene rings is 1. The Morgan fingerprint density at radius 3 is 2.17 bits per heavy atom. The summed E-state index contributed by atoms with van der Waals surface area (Å²) < 4.78 is 0. The number of rotatable bonds is 6. The minimum Gasteiger partial charge on any atom is -0.545 e. The molecule has 96 valence electrons. The van der Waals surface area contributed by atoms with Crippen molar-refractivity contribution in [3.8, 4) is 0 Å². The number of carboxylic acids is 1. The number of nitrogens with zero attached hydrogens (tertiary/aromatic N) is 1. The first kappa shape index (κ1) is 14.0. The van der Waals surface area contributed by atoms with Crippen LogP contribution in [-0.4, -0.2) is 25.3 Å². The van der Waals surface area contributed by atoms with Crippen LogP contribution in [0, 0.1) is 0 Å². The van der Waals surface area contributed by atoms with Crippen molar-refractivity contribution in [1.82, 2.24) is 0 Å². The molecule has 0 aromatic heterocycles. The summed E-state index contributed by atoms with van der Waals surface area (Å²) in [7, 11) is 0. The molecule has 0 saturated carbocycles. The van der Waals surface area contributed by atoms with Gasteiger partial charge < -0.3 is 14.8 Å². The second-order valence-electron chi connectivity index (χ2n) is 3.77. The number of aldehydes is 1. The number of anilines is 1. The fourth-order valence-electron chi connectivity index (χ4n) is 1.69. The smallest absolute Gasteiger partial charge is 0.151 e. The minimum absolute atomic E-state index is 0.285. The van der Waals surface area contributed by atoms with Gasteiger partial charge in [0.2, 0.25) is 0 Å². The molecule has 0 unspecified atom stereocenters. The highest BCUT2D eigenvalue weighted by Crippen LogP contribution is 2.16. The zero-order valence-corrected chi connectivity index (χ0v) is 10.6. The predicted molar refractivity (Wildman–Crippen MR) is 69.1 cm³/mol. The van der Waals surface area contributed by atoms with Crippen LogP contribution in [0.1, 0.15) is 19.4 Å². The average molecular weight is 246 g/mol. The Kier molecular flexibility index (Phi) is 5.11. The largest absolute Gasteiger partial charge is 0.545 e. The zero-order valence-electron chi connectivity index (χ0n) is 10.6. The topological polar surface area (TPSA) is 60.4 Å². The number of aliphatic carboxylic acids is 1. The maximum atomic E-state index is 10.6. The van der Waals surface area contributed by atoms with Gasteiger partial charge in [0.15, 0.2) is 6.29 Å². The third-order valence-corrected chi connectivity index (χ3v) is 2.71. The number of hydrogen-bond acceptors (Lipinski definition) is 4. The van der Waals surface area contributed by atoms with Crippen molar-refractivity contribution in [2.45, 2.75) is 13.8 Å². The fraction of sp³-hybridized carbons (Fsp3) is 0.286. The van der Waals surface area contributed by atoms with Crippen molar-refractivity contribution < 1.29 is 14.7 Å². The SMILES string of the molecule is CCN(CC)c1ccc(/C=C(\C=O)C(=O)[O-])cc1. The molecular weight excluding hydrogens is 230 g/mol. The van der Waals surface area contributed by atoms with E-state index < -0.39 is 5.97 Å². The number of hydrogen-bond donors (Lipinski definition) is 0. The Morgan fingerprint density at radius 1 is 1.22 bits per heavy atom. The summed E-state index contributed by atoms with van der Waals surface area (Å²) in [5, 5.41) is 10.6. The molecule has 4 heteroatoms. The maximum Gasteiger partial charge on any atom is 0.151 e. The molecule has 0 spiro atoms. The van der Waals surface area contributed by atoms with Gasteiger partial charge >= 0.3 is 0 Å². The molecule has 1 rings (SSSR count). The maximum absolute atomic E-state index is 10.6. The van der Waals surface area contributed by atoms with E-state index in [4.69, 9.17) is 0 Å². The highest BCUT2D eigenvalue weighted by Gasteiger charge is 2.01. The molecule has 0 aliphatic rings. The van der Waals surface area contributed by atoms with Gasteiger partial charge in [-0.1, -0.05) is 12.1 Å². The monoisotopic (exact) mass is 246 g/mol. The van der Waals surface area contributed by atoms with Crippen LogP contribution in [0.5, 0.6) is 0 Å². The molecule has 0 N–H and O–H groups in total. The van der Waals surface area contributed by atoms with E-state index in [2.05, 4.69) is 18.7 Å². The van der Waals surface area contributed by atoms with Crippen LogP contribution in [0.2, 0.25) is 0 Å². The lowest BCUT2D eigenvalue weighted by Crippen LogP contribution is -2.25. The van der Waals surface area contributed by atoms with Crippen LogP contribution in [0.15, 0.2) is 29.8 Å². The molecule has 0 saturated heterocycles. The summed E-state index contributed by atoms with van der Waals surface area (Å²) in [6.07, 6.45) is 1.59. The van der Waals surface area contributed by atoms with Gasteiger partial charge in [-0.2, -0.15) is 0 Å². The van der Waals surface area contributed by atoms with Gasteiger partial charge in [-0.05, 0) is 37.6 Å². The summed E-state index contributed by atoms with van der Waals surface area (Å²) in [6.45, 7) is 5.95. The number of carboxylic acid groups (broad SMARTS) is 1. The third-order valence-electron chi connectivity index (χ3n) is 2.71. The van der Waals surface area contributed by atoms with E-state index in [-0.39, 0.29) is 11.9 Å². The molecule has 0 aliphatic carbocycles. The number of carbonyl (C=O) groups is 2. The molecule has 18 heavy (non-hydrogen) atoms. The van der Waals surface area contributed by atoms with Crippen molar-refractivity contribution in [2.75, 3.05) is 18.0 Å². The molecule has 0 heterocycles. The lowest BCUT2D eigenvalue weighted by Gasteiger charge is -2.20. The molecule has 0 atom stereocenters. The summed E-state index contributed by atoms with van der Waals surface area (Å²) in [5.41, 5.74) is 1.38. The molecule has 0 aliphatic heterocycles. The Morgan fingerprint density at radius 2 is 1.78 bits per heavy atom. The molecule has 4 nitrogen and oxygen atoms in total. The second-order valence-corrected chi connectivity index (χ2v) is 3.77. The Balaban J connectivity index is 2.95. The van der Waals surface area contributed by atoms with Crippen LogP contribution in [0.4, 0.5) is 5.69 Å². The van der Waals surface area contributed by atoms with Gasteiger partial charge in [0.05, 0.1) is 5.97 Å². The van der Waals surface area contributed by atoms with Gasteiger partial charge in [0.25, 0.3) is 0 Å². The van der Waals surface area contributed by atoms with E-state index in [1.807, 2.05) is 12.1 Å². The lowest BCUT2D eigenvalue weighted by atomic mass is 10.1. The van der Waals surface area contributed by atoms with Gasteiger partial charge in [0, 0.05) is 24.4 Å². The van der Waals surface area contributed by atoms with Gasteiger partial charge in [-0.15, -0.1) is 0 Å². The molecule has 0 radical (unpaired) electrons. The van der Waals surface area contributed by atoms with Crippen molar-refractivity contribution in [3.05, 3.63) is 35.4 Å². The van der Waals surface area contributed by atoms with Crippen LogP contribution in [0.25, 0.3) is 6.08 Å². The average Bonchev–Trinajstić information content (AvgIpc) is 2.38. The zero-order chi connectivity index (χ0) is 13.5. The van der Waals surface area contributed by atoms with Crippen LogP contribution < -0.4 is 10.0 Å². The summed E-state index contributed by atoms with van der Waals surface area (Å²) in [6, 6.07) is 7.35. The van der Waals surface area contributed by atoms with Crippen LogP contribution in [-0.2, 0) is 9.59 Å². The van der Waals surface area contributed by atoms with Crippen molar-refractivity contribution in [1.29, 1.82) is 0 Å². The molecular formula is C14H16NO3-. The highest BCUT2D eigenvalue weighted by molar-refractivity contribution is 6.09. The summed E-state index contributed by atoms with van der Waals surface area (Å²) in [5.74, 6) is -1.46. The van der Waals surface area contributed by atoms with Gasteiger partial charge in [0.1, 0.15) is 0 Å². The quantitative estimate of drug-likeness (QED) is 0.323. The molecule has 0 bridgehead atoms. The van der Waals surface area contributed by atoms with E-state index in [9.17, 15) is 14.7 Å². The molecule has 0 amide bonds. The first-order valence-corrected chi connectivity index (χ1v) is 5.85. The number of carbonyl (C=O) groups excluding carboxylic acids is 2. The first-order valence-electron chi connectivity index (χ1n) is 5.85. The van der Waals surface area contributed by atoms with E-state index in [0.29, 0.717) is 5.56 Å². The Labute approximate surface area is 107 Å². The normalized spacial score (nSPS) is 11.1. The third kappa shape index (κ3) is 3.45. The first-order chi connectivity index (χ1) is 8.62. The minimum atomic E-state index is -1.46. The standard InChI is InChI=1S/C14H17NO3/c1-3-15(4-2)13-7-5-11(6-8-13)9-12(10-16)14(17)18/h5-10H,3-4H2,1-2H3,(H,17,18)/p-1/b12-9+. The summed E-state index contributed by atoms with van der Waals surface area (Å²) >= 11 is 0. The molecule has 1 aromatic carbocycles.